The maximum atomic E-state index is 9.13. The largest absolute Gasteiger partial charge is 0.395 e. The van der Waals surface area contributed by atoms with Crippen LogP contribution in [0.15, 0.2) is 24.3 Å². The lowest BCUT2D eigenvalue weighted by Gasteiger charge is -2.21. The molecule has 0 aromatic heterocycles. The summed E-state index contributed by atoms with van der Waals surface area (Å²) < 4.78 is 0. The van der Waals surface area contributed by atoms with Crippen LogP contribution in [0.2, 0.25) is 0 Å². The summed E-state index contributed by atoms with van der Waals surface area (Å²) in [6.07, 6.45) is 5.24. The van der Waals surface area contributed by atoms with Gasteiger partial charge in [-0.05, 0) is 17.7 Å². The Labute approximate surface area is 79.4 Å². The molecule has 0 radical (unpaired) electrons. The summed E-state index contributed by atoms with van der Waals surface area (Å²) >= 11 is 0. The van der Waals surface area contributed by atoms with Gasteiger partial charge < -0.3 is 5.11 Å². The third-order valence-corrected chi connectivity index (χ3v) is 2.23. The van der Waals surface area contributed by atoms with Crippen LogP contribution in [-0.2, 0) is 5.41 Å². The average Bonchev–Trinajstić information content (AvgIpc) is 2.18. The summed E-state index contributed by atoms with van der Waals surface area (Å²) in [5, 5.41) is 9.13. The topological polar surface area (TPSA) is 20.2 Å². The molecule has 0 aliphatic heterocycles. The van der Waals surface area contributed by atoms with E-state index in [-0.39, 0.29) is 12.0 Å². The van der Waals surface area contributed by atoms with Gasteiger partial charge in [-0.15, -0.1) is 6.42 Å². The van der Waals surface area contributed by atoms with Gasteiger partial charge in [-0.1, -0.05) is 31.9 Å². The molecule has 0 heterocycles. The Balaban J connectivity index is 3.00. The van der Waals surface area contributed by atoms with Crippen molar-refractivity contribution in [3.8, 4) is 12.3 Å². The van der Waals surface area contributed by atoms with Crippen molar-refractivity contribution in [2.24, 2.45) is 0 Å². The van der Waals surface area contributed by atoms with E-state index in [1.54, 1.807) is 0 Å². The zero-order valence-electron chi connectivity index (χ0n) is 8.04. The van der Waals surface area contributed by atoms with Gasteiger partial charge in [-0.3, -0.25) is 0 Å². The molecule has 1 rings (SSSR count). The van der Waals surface area contributed by atoms with Crippen LogP contribution in [0.1, 0.15) is 25.0 Å². The van der Waals surface area contributed by atoms with E-state index < -0.39 is 0 Å². The van der Waals surface area contributed by atoms with Gasteiger partial charge in [-0.2, -0.15) is 0 Å². The van der Waals surface area contributed by atoms with Crippen LogP contribution in [-0.4, -0.2) is 11.7 Å². The van der Waals surface area contributed by atoms with E-state index in [1.165, 1.54) is 0 Å². The second-order valence-corrected chi connectivity index (χ2v) is 3.76. The Morgan fingerprint density at radius 1 is 1.31 bits per heavy atom. The van der Waals surface area contributed by atoms with Crippen LogP contribution < -0.4 is 0 Å². The van der Waals surface area contributed by atoms with Gasteiger partial charge in [0.15, 0.2) is 0 Å². The van der Waals surface area contributed by atoms with E-state index in [1.807, 2.05) is 38.1 Å². The zero-order chi connectivity index (χ0) is 9.90. The zero-order valence-corrected chi connectivity index (χ0v) is 8.04. The molecule has 0 atom stereocenters. The molecule has 0 unspecified atom stereocenters. The highest BCUT2D eigenvalue weighted by molar-refractivity contribution is 5.36. The lowest BCUT2D eigenvalue weighted by Crippen LogP contribution is -2.21. The first-order valence-corrected chi connectivity index (χ1v) is 4.28. The minimum Gasteiger partial charge on any atom is -0.395 e. The van der Waals surface area contributed by atoms with Gasteiger partial charge >= 0.3 is 0 Å². The normalized spacial score (nSPS) is 10.9. The van der Waals surface area contributed by atoms with E-state index in [4.69, 9.17) is 11.5 Å². The fraction of sp³-hybridized carbons (Fsp3) is 0.333. The second kappa shape index (κ2) is 3.64. The van der Waals surface area contributed by atoms with Gasteiger partial charge in [0, 0.05) is 11.0 Å². The quantitative estimate of drug-likeness (QED) is 0.679. The molecule has 0 aliphatic carbocycles. The maximum Gasteiger partial charge on any atom is 0.0522 e. The number of hydrogen-bond acceptors (Lipinski definition) is 1. The molecule has 0 spiro atoms. The van der Waals surface area contributed by atoms with Crippen molar-refractivity contribution < 1.29 is 5.11 Å². The monoisotopic (exact) mass is 174 g/mol. The van der Waals surface area contributed by atoms with Gasteiger partial charge in [0.25, 0.3) is 0 Å². The lowest BCUT2D eigenvalue weighted by molar-refractivity contribution is 0.218. The van der Waals surface area contributed by atoms with E-state index in [9.17, 15) is 0 Å². The first kappa shape index (κ1) is 9.83. The summed E-state index contributed by atoms with van der Waals surface area (Å²) in [5.41, 5.74) is 1.79. The number of hydrogen-bond donors (Lipinski definition) is 1. The van der Waals surface area contributed by atoms with E-state index >= 15 is 0 Å². The van der Waals surface area contributed by atoms with Crippen molar-refractivity contribution >= 4 is 0 Å². The van der Waals surface area contributed by atoms with Crippen LogP contribution in [0.4, 0.5) is 0 Å². The second-order valence-electron chi connectivity index (χ2n) is 3.76. The summed E-state index contributed by atoms with van der Waals surface area (Å²) in [6.45, 7) is 4.14. The van der Waals surface area contributed by atoms with Crippen LogP contribution >= 0.6 is 0 Å². The lowest BCUT2D eigenvalue weighted by atomic mass is 9.85. The molecule has 1 aromatic rings. The average molecular weight is 174 g/mol. The highest BCUT2D eigenvalue weighted by Gasteiger charge is 2.18. The van der Waals surface area contributed by atoms with Crippen LogP contribution in [0.5, 0.6) is 0 Å². The third kappa shape index (κ3) is 2.11. The summed E-state index contributed by atoms with van der Waals surface area (Å²) in [7, 11) is 0. The minimum atomic E-state index is -0.187. The molecule has 13 heavy (non-hydrogen) atoms. The van der Waals surface area contributed by atoms with Crippen molar-refractivity contribution in [1.29, 1.82) is 0 Å². The van der Waals surface area contributed by atoms with Crippen LogP contribution in [0.25, 0.3) is 0 Å². The molecule has 1 nitrogen and oxygen atoms in total. The molecule has 68 valence electrons. The highest BCUT2D eigenvalue weighted by Crippen LogP contribution is 2.22. The Morgan fingerprint density at radius 2 is 1.85 bits per heavy atom. The van der Waals surface area contributed by atoms with E-state index in [0.29, 0.717) is 0 Å². The first-order chi connectivity index (χ1) is 6.10. The summed E-state index contributed by atoms with van der Waals surface area (Å²) in [4.78, 5) is 0. The highest BCUT2D eigenvalue weighted by atomic mass is 16.3. The Bertz CT molecular complexity index is 314. The molecule has 0 saturated carbocycles. The van der Waals surface area contributed by atoms with Crippen LogP contribution in [0.3, 0.4) is 0 Å². The molecular formula is C12H14O. The fourth-order valence-corrected chi connectivity index (χ4v) is 1.11. The van der Waals surface area contributed by atoms with Gasteiger partial charge in [-0.25, -0.2) is 0 Å². The molecule has 0 saturated heterocycles. The van der Waals surface area contributed by atoms with Gasteiger partial charge in [0.05, 0.1) is 6.61 Å². The van der Waals surface area contributed by atoms with Gasteiger partial charge in [0.1, 0.15) is 0 Å². The predicted octanol–water partition coefficient (Wildman–Crippen LogP) is 1.94. The smallest absolute Gasteiger partial charge is 0.0522 e. The van der Waals surface area contributed by atoms with Gasteiger partial charge in [0.2, 0.25) is 0 Å². The number of terminal acetylenes is 1. The van der Waals surface area contributed by atoms with Crippen LogP contribution in [0, 0.1) is 12.3 Å². The predicted molar refractivity (Wildman–Crippen MR) is 54.5 cm³/mol. The van der Waals surface area contributed by atoms with Crippen molar-refractivity contribution in [2.45, 2.75) is 19.3 Å². The molecule has 0 bridgehead atoms. The molecule has 1 heteroatoms. The Kier molecular flexibility index (Phi) is 2.75. The molecule has 1 N–H and O–H groups in total. The van der Waals surface area contributed by atoms with Crippen molar-refractivity contribution in [3.63, 3.8) is 0 Å². The summed E-state index contributed by atoms with van der Waals surface area (Å²) in [6, 6.07) is 7.72. The fourth-order valence-electron chi connectivity index (χ4n) is 1.11. The third-order valence-electron chi connectivity index (χ3n) is 2.23. The number of aliphatic hydroxyl groups is 1. The number of benzene rings is 1. The summed E-state index contributed by atoms with van der Waals surface area (Å²) in [5.74, 6) is 2.56. The SMILES string of the molecule is C#Cc1ccc(C(C)(C)CO)cc1. The van der Waals surface area contributed by atoms with Crippen molar-refractivity contribution in [2.75, 3.05) is 6.61 Å². The van der Waals surface area contributed by atoms with Crippen molar-refractivity contribution in [3.05, 3.63) is 35.4 Å². The van der Waals surface area contributed by atoms with Crippen molar-refractivity contribution in [1.82, 2.24) is 0 Å². The van der Waals surface area contributed by atoms with E-state index in [2.05, 4.69) is 5.92 Å². The Morgan fingerprint density at radius 3 is 2.23 bits per heavy atom. The number of rotatable bonds is 2. The molecular weight excluding hydrogens is 160 g/mol. The molecule has 1 aromatic carbocycles. The standard InChI is InChI=1S/C12H14O/c1-4-10-5-7-11(8-6-10)12(2,3)9-13/h1,5-8,13H,9H2,2-3H3. The number of aliphatic hydroxyl groups excluding tert-OH is 1. The maximum absolute atomic E-state index is 9.13. The molecule has 0 fully saturated rings. The first-order valence-electron chi connectivity index (χ1n) is 4.28. The molecule has 0 aliphatic rings. The van der Waals surface area contributed by atoms with E-state index in [0.717, 1.165) is 11.1 Å². The Hall–Kier alpha value is -1.26. The molecule has 0 amide bonds. The minimum absolute atomic E-state index is 0.141.